The maximum Gasteiger partial charge on any atom is 0.280 e. The van der Waals surface area contributed by atoms with Gasteiger partial charge in [-0.05, 0) is 40.6 Å². The SMILES string of the molecule is O=C(Cc1ccc(Br)c2ccccc12)NN=Cc1ccc(-c2ccccc2[N+](=O)[O-])o1. The van der Waals surface area contributed by atoms with Gasteiger partial charge in [0, 0.05) is 10.5 Å². The molecule has 4 rings (SSSR count). The molecule has 4 aromatic rings. The highest BCUT2D eigenvalue weighted by atomic mass is 79.9. The van der Waals surface area contributed by atoms with Crippen LogP contribution >= 0.6 is 15.9 Å². The highest BCUT2D eigenvalue weighted by Gasteiger charge is 2.16. The highest BCUT2D eigenvalue weighted by Crippen LogP contribution is 2.30. The molecule has 8 heteroatoms. The number of nitrogens with zero attached hydrogens (tertiary/aromatic N) is 2. The van der Waals surface area contributed by atoms with E-state index in [4.69, 9.17) is 4.42 Å². The van der Waals surface area contributed by atoms with E-state index in [1.54, 1.807) is 30.3 Å². The average molecular weight is 478 g/mol. The molecule has 0 aliphatic rings. The Kier molecular flexibility index (Phi) is 5.90. The van der Waals surface area contributed by atoms with Gasteiger partial charge in [-0.3, -0.25) is 14.9 Å². The number of carbonyl (C=O) groups is 1. The maximum absolute atomic E-state index is 12.3. The van der Waals surface area contributed by atoms with Gasteiger partial charge >= 0.3 is 0 Å². The number of para-hydroxylation sites is 1. The molecule has 0 aliphatic carbocycles. The summed E-state index contributed by atoms with van der Waals surface area (Å²) in [6.07, 6.45) is 1.53. The zero-order valence-corrected chi connectivity index (χ0v) is 17.7. The Morgan fingerprint density at radius 3 is 2.58 bits per heavy atom. The van der Waals surface area contributed by atoms with E-state index in [-0.39, 0.29) is 18.0 Å². The summed E-state index contributed by atoms with van der Waals surface area (Å²) in [5.41, 5.74) is 3.71. The Balaban J connectivity index is 1.44. The van der Waals surface area contributed by atoms with Crippen molar-refractivity contribution in [3.63, 3.8) is 0 Å². The number of hydrazone groups is 1. The number of nitrogens with one attached hydrogen (secondary N) is 1. The number of nitro groups is 1. The largest absolute Gasteiger partial charge is 0.455 e. The van der Waals surface area contributed by atoms with Crippen LogP contribution in [0.1, 0.15) is 11.3 Å². The lowest BCUT2D eigenvalue weighted by molar-refractivity contribution is -0.384. The van der Waals surface area contributed by atoms with Crippen LogP contribution in [-0.4, -0.2) is 17.0 Å². The lowest BCUT2D eigenvalue weighted by atomic mass is 10.0. The Labute approximate surface area is 185 Å². The predicted molar refractivity (Wildman–Crippen MR) is 122 cm³/mol. The van der Waals surface area contributed by atoms with Crippen LogP contribution in [-0.2, 0) is 11.2 Å². The molecule has 0 aliphatic heterocycles. The smallest absolute Gasteiger partial charge is 0.280 e. The molecule has 0 atom stereocenters. The van der Waals surface area contributed by atoms with Gasteiger partial charge in [-0.15, -0.1) is 0 Å². The van der Waals surface area contributed by atoms with Gasteiger partial charge in [0.05, 0.1) is 23.1 Å². The average Bonchev–Trinajstić information content (AvgIpc) is 3.25. The van der Waals surface area contributed by atoms with Crippen LogP contribution in [0.25, 0.3) is 22.1 Å². The van der Waals surface area contributed by atoms with Gasteiger partial charge in [-0.25, -0.2) is 5.43 Å². The van der Waals surface area contributed by atoms with Crippen molar-refractivity contribution < 1.29 is 14.1 Å². The third kappa shape index (κ3) is 4.54. The molecule has 0 saturated carbocycles. The molecule has 1 heterocycles. The molecule has 0 bridgehead atoms. The summed E-state index contributed by atoms with van der Waals surface area (Å²) in [7, 11) is 0. The number of rotatable bonds is 6. The van der Waals surface area contributed by atoms with Crippen molar-refractivity contribution in [1.29, 1.82) is 0 Å². The van der Waals surface area contributed by atoms with E-state index in [1.807, 2.05) is 36.4 Å². The number of nitro benzene ring substituents is 1. The summed E-state index contributed by atoms with van der Waals surface area (Å²) in [6, 6.07) is 21.2. The molecule has 0 spiro atoms. The van der Waals surface area contributed by atoms with Gasteiger partial charge in [0.1, 0.15) is 11.5 Å². The van der Waals surface area contributed by atoms with Crippen LogP contribution in [0.2, 0.25) is 0 Å². The van der Waals surface area contributed by atoms with Gasteiger partial charge < -0.3 is 4.42 Å². The summed E-state index contributed by atoms with van der Waals surface area (Å²) < 4.78 is 6.59. The van der Waals surface area contributed by atoms with Crippen molar-refractivity contribution in [1.82, 2.24) is 5.43 Å². The number of hydrogen-bond acceptors (Lipinski definition) is 5. The van der Waals surface area contributed by atoms with E-state index in [0.717, 1.165) is 20.8 Å². The second-order valence-electron chi connectivity index (χ2n) is 6.70. The molecular weight excluding hydrogens is 462 g/mol. The second-order valence-corrected chi connectivity index (χ2v) is 7.55. The Morgan fingerprint density at radius 2 is 1.77 bits per heavy atom. The van der Waals surface area contributed by atoms with Gasteiger partial charge in [-0.2, -0.15) is 5.10 Å². The molecule has 7 nitrogen and oxygen atoms in total. The standard InChI is InChI=1S/C23H16BrN3O4/c24-20-11-9-15(17-5-1-2-6-18(17)20)13-23(28)26-25-14-16-10-12-22(31-16)19-7-3-4-8-21(19)27(29)30/h1-12,14H,13H2,(H,26,28). The molecule has 154 valence electrons. The third-order valence-corrected chi connectivity index (χ3v) is 5.38. The van der Waals surface area contributed by atoms with E-state index < -0.39 is 4.92 Å². The zero-order valence-electron chi connectivity index (χ0n) is 16.1. The summed E-state index contributed by atoms with van der Waals surface area (Å²) >= 11 is 3.52. The lowest BCUT2D eigenvalue weighted by Gasteiger charge is -2.07. The van der Waals surface area contributed by atoms with Crippen LogP contribution in [0.4, 0.5) is 5.69 Å². The number of hydrogen-bond donors (Lipinski definition) is 1. The number of fused-ring (bicyclic) bond motifs is 1. The molecule has 1 aromatic heterocycles. The third-order valence-electron chi connectivity index (χ3n) is 4.69. The normalized spacial score (nSPS) is 11.1. The quantitative estimate of drug-likeness (QED) is 0.226. The van der Waals surface area contributed by atoms with Crippen LogP contribution in [0.5, 0.6) is 0 Å². The van der Waals surface area contributed by atoms with E-state index >= 15 is 0 Å². The van der Waals surface area contributed by atoms with Crippen LogP contribution < -0.4 is 5.43 Å². The topological polar surface area (TPSA) is 97.7 Å². The molecule has 1 N–H and O–H groups in total. The van der Waals surface area contributed by atoms with Crippen molar-refractivity contribution >= 4 is 44.5 Å². The van der Waals surface area contributed by atoms with Crippen LogP contribution in [0.3, 0.4) is 0 Å². The number of halogens is 1. The molecule has 0 radical (unpaired) electrons. The number of carbonyl (C=O) groups excluding carboxylic acids is 1. The Morgan fingerprint density at radius 1 is 1.03 bits per heavy atom. The molecular formula is C23H16BrN3O4. The Hall–Kier alpha value is -3.78. The van der Waals surface area contributed by atoms with Crippen molar-refractivity contribution in [3.05, 3.63) is 98.7 Å². The van der Waals surface area contributed by atoms with Gasteiger partial charge in [0.15, 0.2) is 0 Å². The first-order valence-corrected chi connectivity index (χ1v) is 10.1. The summed E-state index contributed by atoms with van der Waals surface area (Å²) in [5, 5.41) is 17.2. The minimum Gasteiger partial charge on any atom is -0.455 e. The fourth-order valence-corrected chi connectivity index (χ4v) is 3.75. The van der Waals surface area contributed by atoms with Crippen molar-refractivity contribution in [3.8, 4) is 11.3 Å². The molecule has 31 heavy (non-hydrogen) atoms. The number of furan rings is 1. The van der Waals surface area contributed by atoms with Crippen LogP contribution in [0.15, 0.2) is 86.8 Å². The van der Waals surface area contributed by atoms with Crippen LogP contribution in [0, 0.1) is 10.1 Å². The van der Waals surface area contributed by atoms with Gasteiger partial charge in [-0.1, -0.05) is 58.4 Å². The maximum atomic E-state index is 12.3. The summed E-state index contributed by atoms with van der Waals surface area (Å²) in [6.45, 7) is 0. The molecule has 0 fully saturated rings. The van der Waals surface area contributed by atoms with E-state index in [9.17, 15) is 14.9 Å². The predicted octanol–water partition coefficient (Wildman–Crippen LogP) is 5.46. The van der Waals surface area contributed by atoms with E-state index in [2.05, 4.69) is 26.5 Å². The lowest BCUT2D eigenvalue weighted by Crippen LogP contribution is -2.19. The highest BCUT2D eigenvalue weighted by molar-refractivity contribution is 9.10. The Bertz CT molecular complexity index is 1310. The van der Waals surface area contributed by atoms with E-state index in [1.165, 1.54) is 12.3 Å². The summed E-state index contributed by atoms with van der Waals surface area (Å²) in [5.74, 6) is 0.443. The minimum atomic E-state index is -0.461. The molecule has 0 unspecified atom stereocenters. The molecule has 1 amide bonds. The first kappa shape index (κ1) is 20.5. The second kappa shape index (κ2) is 8.93. The minimum absolute atomic E-state index is 0.0460. The number of amides is 1. The van der Waals surface area contributed by atoms with E-state index in [0.29, 0.717) is 17.1 Å². The molecule has 3 aromatic carbocycles. The first-order valence-electron chi connectivity index (χ1n) is 9.34. The van der Waals surface area contributed by atoms with Crippen molar-refractivity contribution in [2.75, 3.05) is 0 Å². The fourth-order valence-electron chi connectivity index (χ4n) is 3.27. The number of benzene rings is 3. The monoisotopic (exact) mass is 477 g/mol. The molecule has 0 saturated heterocycles. The van der Waals surface area contributed by atoms with Crippen molar-refractivity contribution in [2.45, 2.75) is 6.42 Å². The van der Waals surface area contributed by atoms with Gasteiger partial charge in [0.2, 0.25) is 5.91 Å². The van der Waals surface area contributed by atoms with Crippen molar-refractivity contribution in [2.24, 2.45) is 5.10 Å². The van der Waals surface area contributed by atoms with Gasteiger partial charge in [0.25, 0.3) is 5.69 Å². The fraction of sp³-hybridized carbons (Fsp3) is 0.0435. The zero-order chi connectivity index (χ0) is 21.8. The summed E-state index contributed by atoms with van der Waals surface area (Å²) in [4.78, 5) is 23.1. The first-order chi connectivity index (χ1) is 15.0.